The first kappa shape index (κ1) is 23.1. The van der Waals surface area contributed by atoms with Crippen LogP contribution in [0.1, 0.15) is 37.7 Å². The second-order valence-corrected chi connectivity index (χ2v) is 11.1. The molecule has 4 rings (SSSR count). The number of amides is 1. The topological polar surface area (TPSA) is 69.7 Å². The molecule has 0 radical (unpaired) electrons. The van der Waals surface area contributed by atoms with Crippen LogP contribution in [0.5, 0.6) is 0 Å². The van der Waals surface area contributed by atoms with Crippen molar-refractivity contribution in [3.05, 3.63) is 59.1 Å². The van der Waals surface area contributed by atoms with Crippen molar-refractivity contribution in [3.63, 3.8) is 0 Å². The smallest absolute Gasteiger partial charge is 0.228 e. The molecule has 1 atom stereocenters. The molecule has 1 N–H and O–H groups in total. The van der Waals surface area contributed by atoms with E-state index in [4.69, 9.17) is 11.6 Å². The maximum absolute atomic E-state index is 12.9. The summed E-state index contributed by atoms with van der Waals surface area (Å²) >= 11 is 5.89. The van der Waals surface area contributed by atoms with Gasteiger partial charge >= 0.3 is 0 Å². The van der Waals surface area contributed by atoms with E-state index >= 15 is 0 Å². The summed E-state index contributed by atoms with van der Waals surface area (Å²) in [5.74, 6) is -0.566. The minimum atomic E-state index is -3.50. The molecule has 32 heavy (non-hydrogen) atoms. The summed E-state index contributed by atoms with van der Waals surface area (Å²) < 4.78 is 27.3. The minimum absolute atomic E-state index is 0.0868. The molecule has 2 aliphatic heterocycles. The normalized spacial score (nSPS) is 20.2. The van der Waals surface area contributed by atoms with Gasteiger partial charge in [-0.25, -0.2) is 12.7 Å². The van der Waals surface area contributed by atoms with Gasteiger partial charge in [0.1, 0.15) is 0 Å². The van der Waals surface area contributed by atoms with Crippen LogP contribution in [0.25, 0.3) is 0 Å². The van der Waals surface area contributed by atoms with Crippen molar-refractivity contribution in [2.75, 3.05) is 36.4 Å². The molecule has 0 saturated carbocycles. The summed E-state index contributed by atoms with van der Waals surface area (Å²) in [4.78, 5) is 15.2. The van der Waals surface area contributed by atoms with E-state index in [1.807, 2.05) is 24.3 Å². The van der Waals surface area contributed by atoms with Crippen LogP contribution < -0.4 is 10.2 Å². The highest BCUT2D eigenvalue weighted by molar-refractivity contribution is 7.88. The lowest BCUT2D eigenvalue weighted by Gasteiger charge is -2.31. The zero-order valence-corrected chi connectivity index (χ0v) is 19.7. The number of sulfonamides is 1. The molecule has 8 heteroatoms. The van der Waals surface area contributed by atoms with Crippen LogP contribution in [-0.4, -0.2) is 44.8 Å². The van der Waals surface area contributed by atoms with Crippen molar-refractivity contribution < 1.29 is 13.2 Å². The lowest BCUT2D eigenvalue weighted by atomic mass is 9.98. The number of piperidine rings is 2. The number of anilines is 2. The fourth-order valence-electron chi connectivity index (χ4n) is 4.44. The molecule has 2 aromatic rings. The average molecular weight is 476 g/mol. The van der Waals surface area contributed by atoms with Gasteiger partial charge in [0.25, 0.3) is 0 Å². The summed E-state index contributed by atoms with van der Waals surface area (Å²) in [7, 11) is -3.50. The summed E-state index contributed by atoms with van der Waals surface area (Å²) in [6.07, 6.45) is 5.09. The summed E-state index contributed by atoms with van der Waals surface area (Å²) in [6, 6.07) is 14.8. The molecule has 2 fully saturated rings. The van der Waals surface area contributed by atoms with Crippen molar-refractivity contribution in [3.8, 4) is 0 Å². The number of halogens is 1. The van der Waals surface area contributed by atoms with E-state index in [1.165, 1.54) is 29.3 Å². The second kappa shape index (κ2) is 10.2. The predicted octanol–water partition coefficient (Wildman–Crippen LogP) is 4.51. The van der Waals surface area contributed by atoms with Gasteiger partial charge in [0.2, 0.25) is 15.9 Å². The van der Waals surface area contributed by atoms with E-state index in [0.717, 1.165) is 18.8 Å². The molecular formula is C24H30ClN3O3S. The summed E-state index contributed by atoms with van der Waals surface area (Å²) in [6.45, 7) is 2.82. The van der Waals surface area contributed by atoms with Gasteiger partial charge < -0.3 is 10.2 Å². The lowest BCUT2D eigenvalue weighted by molar-refractivity contribution is -0.120. The van der Waals surface area contributed by atoms with Crippen LogP contribution in [0.15, 0.2) is 48.5 Å². The third-order valence-corrected chi connectivity index (χ3v) is 8.34. The van der Waals surface area contributed by atoms with Crippen molar-refractivity contribution in [1.82, 2.24) is 4.31 Å². The Labute approximate surface area is 195 Å². The van der Waals surface area contributed by atoms with E-state index in [0.29, 0.717) is 30.0 Å². The molecule has 172 valence electrons. The van der Waals surface area contributed by atoms with E-state index < -0.39 is 10.0 Å². The number of benzene rings is 2. The van der Waals surface area contributed by atoms with Crippen molar-refractivity contribution in [2.24, 2.45) is 5.92 Å². The quantitative estimate of drug-likeness (QED) is 0.667. The molecule has 2 saturated heterocycles. The highest BCUT2D eigenvalue weighted by Gasteiger charge is 2.32. The Morgan fingerprint density at radius 2 is 1.62 bits per heavy atom. The molecule has 0 unspecified atom stereocenters. The molecule has 0 bridgehead atoms. The van der Waals surface area contributed by atoms with Crippen LogP contribution in [0.4, 0.5) is 11.4 Å². The third kappa shape index (κ3) is 5.82. The Morgan fingerprint density at radius 3 is 2.31 bits per heavy atom. The number of nitrogens with one attached hydrogen (secondary N) is 1. The number of rotatable bonds is 6. The summed E-state index contributed by atoms with van der Waals surface area (Å²) in [5.41, 5.74) is 2.62. The zero-order chi connectivity index (χ0) is 22.6. The lowest BCUT2D eigenvalue weighted by Crippen LogP contribution is -2.44. The first-order valence-electron chi connectivity index (χ1n) is 11.3. The first-order valence-corrected chi connectivity index (χ1v) is 13.3. The highest BCUT2D eigenvalue weighted by Crippen LogP contribution is 2.25. The van der Waals surface area contributed by atoms with Gasteiger partial charge in [0.15, 0.2) is 0 Å². The number of hydrogen-bond donors (Lipinski definition) is 1. The number of carbonyl (C=O) groups excluding carboxylic acids is 1. The van der Waals surface area contributed by atoms with Gasteiger partial charge in [-0.05, 0) is 74.1 Å². The third-order valence-electron chi connectivity index (χ3n) is 6.27. The van der Waals surface area contributed by atoms with Gasteiger partial charge in [-0.3, -0.25) is 4.79 Å². The van der Waals surface area contributed by atoms with Gasteiger partial charge in [-0.2, -0.15) is 0 Å². The SMILES string of the molecule is O=C(Nc1ccc(N2CCCCC2)cc1)[C@H]1CCCN(S(=O)(=O)Cc2ccc(Cl)cc2)C1. The highest BCUT2D eigenvalue weighted by atomic mass is 35.5. The molecule has 2 heterocycles. The Bertz CT molecular complexity index is 1020. The monoisotopic (exact) mass is 475 g/mol. The molecular weight excluding hydrogens is 446 g/mol. The largest absolute Gasteiger partial charge is 0.372 e. The van der Waals surface area contributed by atoms with Crippen LogP contribution in [0.2, 0.25) is 5.02 Å². The fraction of sp³-hybridized carbons (Fsp3) is 0.458. The molecule has 0 aliphatic carbocycles. The van der Waals surface area contributed by atoms with Crippen molar-refractivity contribution >= 4 is 38.9 Å². The van der Waals surface area contributed by atoms with Crippen LogP contribution in [-0.2, 0) is 20.6 Å². The Kier molecular flexibility index (Phi) is 7.38. The van der Waals surface area contributed by atoms with Crippen LogP contribution >= 0.6 is 11.6 Å². The molecule has 0 aromatic heterocycles. The minimum Gasteiger partial charge on any atom is -0.372 e. The average Bonchev–Trinajstić information content (AvgIpc) is 2.81. The molecule has 6 nitrogen and oxygen atoms in total. The van der Waals surface area contributed by atoms with E-state index in [2.05, 4.69) is 10.2 Å². The standard InChI is InChI=1S/C24H30ClN3O3S/c25-21-8-6-19(7-9-21)18-32(30,31)28-16-4-5-20(17-28)24(29)26-22-10-12-23(13-11-22)27-14-2-1-3-15-27/h6-13,20H,1-5,14-18H2,(H,26,29)/t20-/m0/s1. The Balaban J connectivity index is 1.35. The van der Waals surface area contributed by atoms with Gasteiger partial charge in [-0.15, -0.1) is 0 Å². The maximum atomic E-state index is 12.9. The predicted molar refractivity (Wildman–Crippen MR) is 130 cm³/mol. The first-order chi connectivity index (χ1) is 15.4. The molecule has 0 spiro atoms. The molecule has 2 aliphatic rings. The second-order valence-electron chi connectivity index (χ2n) is 8.66. The van der Waals surface area contributed by atoms with E-state index in [1.54, 1.807) is 24.3 Å². The van der Waals surface area contributed by atoms with Gasteiger partial charge in [0.05, 0.1) is 11.7 Å². The Morgan fingerprint density at radius 1 is 0.938 bits per heavy atom. The Hall–Kier alpha value is -2.09. The number of hydrogen-bond acceptors (Lipinski definition) is 4. The van der Waals surface area contributed by atoms with E-state index in [9.17, 15) is 13.2 Å². The zero-order valence-electron chi connectivity index (χ0n) is 18.2. The molecule has 1 amide bonds. The van der Waals surface area contributed by atoms with Crippen molar-refractivity contribution in [1.29, 1.82) is 0 Å². The number of nitrogens with zero attached hydrogens (tertiary/aromatic N) is 2. The summed E-state index contributed by atoms with van der Waals surface area (Å²) in [5, 5.41) is 3.55. The van der Waals surface area contributed by atoms with Crippen LogP contribution in [0.3, 0.4) is 0 Å². The van der Waals surface area contributed by atoms with Gasteiger partial charge in [-0.1, -0.05) is 23.7 Å². The number of carbonyl (C=O) groups is 1. The fourth-order valence-corrected chi connectivity index (χ4v) is 6.18. The van der Waals surface area contributed by atoms with Crippen molar-refractivity contribution in [2.45, 2.75) is 37.9 Å². The maximum Gasteiger partial charge on any atom is 0.228 e. The van der Waals surface area contributed by atoms with Crippen LogP contribution in [0, 0.1) is 5.92 Å². The molecule has 2 aromatic carbocycles. The van der Waals surface area contributed by atoms with Gasteiger partial charge in [0, 0.05) is 42.6 Å². The van der Waals surface area contributed by atoms with E-state index in [-0.39, 0.29) is 24.1 Å².